The zero-order valence-electron chi connectivity index (χ0n) is 35.4. The molecule has 0 fully saturated rings. The quantitative estimate of drug-likeness (QED) is 0.0515. The molecule has 4 atom stereocenters. The number of nitrogens with one attached hydrogen (secondary N) is 3. The number of aliphatic hydroxyl groups is 1. The summed E-state index contributed by atoms with van der Waals surface area (Å²) < 4.78 is 62.9. The molecular formula is C41H52F5N7O11S. The van der Waals surface area contributed by atoms with Crippen LogP contribution in [0, 0.1) is 17.0 Å². The molecule has 0 saturated carbocycles. The van der Waals surface area contributed by atoms with Crippen molar-refractivity contribution in [2.24, 2.45) is 16.9 Å². The van der Waals surface area contributed by atoms with Crippen LogP contribution in [0.15, 0.2) is 60.8 Å². The van der Waals surface area contributed by atoms with Crippen LogP contribution in [0.1, 0.15) is 50.9 Å². The summed E-state index contributed by atoms with van der Waals surface area (Å²) in [4.78, 5) is 83.6. The maximum atomic E-state index is 15.0. The van der Waals surface area contributed by atoms with Crippen LogP contribution in [-0.4, -0.2) is 133 Å². The Kier molecular flexibility index (Phi) is 21.5. The van der Waals surface area contributed by atoms with Crippen molar-refractivity contribution >= 4 is 53.3 Å². The Morgan fingerprint density at radius 2 is 1.46 bits per heavy atom. The Morgan fingerprint density at radius 1 is 0.846 bits per heavy atom. The van der Waals surface area contributed by atoms with E-state index in [0.29, 0.717) is 17.8 Å². The number of amides is 4. The van der Waals surface area contributed by atoms with Gasteiger partial charge in [-0.05, 0) is 41.7 Å². The first-order valence-corrected chi connectivity index (χ1v) is 20.6. The highest BCUT2D eigenvalue weighted by Crippen LogP contribution is 2.41. The number of benzene rings is 2. The zero-order chi connectivity index (χ0) is 49.2. The van der Waals surface area contributed by atoms with Crippen LogP contribution < -0.4 is 27.4 Å². The van der Waals surface area contributed by atoms with Crippen molar-refractivity contribution in [3.8, 4) is 11.1 Å². The number of rotatable bonds is 22. The van der Waals surface area contributed by atoms with E-state index in [2.05, 4.69) is 16.0 Å². The van der Waals surface area contributed by atoms with Gasteiger partial charge in [0.1, 0.15) is 24.3 Å². The zero-order valence-corrected chi connectivity index (χ0v) is 36.3. The van der Waals surface area contributed by atoms with Crippen molar-refractivity contribution in [1.82, 2.24) is 25.4 Å². The monoisotopic (exact) mass is 945 g/mol. The third-order valence-electron chi connectivity index (χ3n) is 9.11. The van der Waals surface area contributed by atoms with Crippen LogP contribution in [-0.2, 0) is 40.1 Å². The lowest BCUT2D eigenvalue weighted by atomic mass is 9.82. The fraction of sp³-hybridized carbons (Fsp3) is 0.439. The van der Waals surface area contributed by atoms with E-state index in [1.165, 1.54) is 4.90 Å². The molecule has 3 rings (SSSR count). The van der Waals surface area contributed by atoms with E-state index in [9.17, 15) is 51.4 Å². The number of alkyl halides is 3. The summed E-state index contributed by atoms with van der Waals surface area (Å²) in [5, 5.41) is 41.4. The van der Waals surface area contributed by atoms with E-state index in [0.717, 1.165) is 35.5 Å². The van der Waals surface area contributed by atoms with Gasteiger partial charge in [0.25, 0.3) is 0 Å². The SMILES string of the molecule is CC(C)(C)[C@H](c1cc(-c2cc(F)ccc2F)cn1Cc1ccccc1)N(CC[C@H](N)C(=O)NCCNC(=O)CNC(=O)C(CC(=O)O)SC[C@H](N)C(=O)O)C(=O)CO.O=C(O)C(F)(F)F. The Hall–Kier alpha value is -6.11. The summed E-state index contributed by atoms with van der Waals surface area (Å²) in [6.45, 7) is 4.40. The number of carbonyl (C=O) groups is 7. The Labute approximate surface area is 373 Å². The summed E-state index contributed by atoms with van der Waals surface area (Å²) in [5.41, 5.74) is 12.8. The number of hydrogen-bond donors (Lipinski definition) is 9. The first-order chi connectivity index (χ1) is 30.3. The summed E-state index contributed by atoms with van der Waals surface area (Å²) >= 11 is 0.736. The highest BCUT2D eigenvalue weighted by molar-refractivity contribution is 8.00. The van der Waals surface area contributed by atoms with Gasteiger partial charge < -0.3 is 57.3 Å². The lowest BCUT2D eigenvalue weighted by Gasteiger charge is -2.41. The molecule has 3 aromatic rings. The van der Waals surface area contributed by atoms with Gasteiger partial charge >= 0.3 is 24.1 Å². The predicted molar refractivity (Wildman–Crippen MR) is 226 cm³/mol. The highest BCUT2D eigenvalue weighted by Gasteiger charge is 2.39. The molecule has 0 saturated heterocycles. The van der Waals surface area contributed by atoms with E-state index in [4.69, 9.17) is 31.6 Å². The first-order valence-electron chi connectivity index (χ1n) is 19.6. The molecule has 0 aliphatic heterocycles. The average molecular weight is 946 g/mol. The summed E-state index contributed by atoms with van der Waals surface area (Å²) in [6, 6.07) is 11.0. The Morgan fingerprint density at radius 3 is 2.02 bits per heavy atom. The molecule has 358 valence electrons. The van der Waals surface area contributed by atoms with Crippen molar-refractivity contribution < 1.29 is 75.9 Å². The van der Waals surface area contributed by atoms with E-state index in [1.54, 1.807) is 12.3 Å². The highest BCUT2D eigenvalue weighted by atomic mass is 32.2. The molecule has 1 heterocycles. The number of carboxylic acid groups (broad SMARTS) is 3. The van der Waals surface area contributed by atoms with Crippen LogP contribution in [0.3, 0.4) is 0 Å². The van der Waals surface area contributed by atoms with Gasteiger partial charge in [-0.15, -0.1) is 11.8 Å². The molecular weight excluding hydrogens is 894 g/mol. The number of thioether (sulfide) groups is 1. The van der Waals surface area contributed by atoms with Crippen molar-refractivity contribution in [3.63, 3.8) is 0 Å². The van der Waals surface area contributed by atoms with Gasteiger partial charge in [0.05, 0.1) is 30.3 Å². The van der Waals surface area contributed by atoms with E-state index in [1.807, 2.05) is 55.7 Å². The molecule has 65 heavy (non-hydrogen) atoms. The number of halogens is 5. The van der Waals surface area contributed by atoms with Crippen molar-refractivity contribution in [2.45, 2.75) is 69.7 Å². The standard InChI is InChI=1S/C39H51F2N7O9S.C2HF3O2/c1-39(2,3)35(30-15-24(26-16-25(40)9-10-27(26)41)20-47(30)19-23-7-5-4-6-8-23)48(33(51)21-49)14-11-28(42)36(54)45-13-12-44-32(50)18-46-37(55)31(17-34(52)53)58-22-29(43)38(56)57;3-2(4,5)1(6)7/h4-10,15-16,20,28-29,31,35,49H,11-14,17-19,21-22,42-43H2,1-3H3,(H,44,50)(H,45,54)(H,46,55)(H,52,53)(H,56,57);(H,6,7)/t28-,29-,31?,35-;/m0./s1. The fourth-order valence-corrected chi connectivity index (χ4v) is 7.13. The van der Waals surface area contributed by atoms with Crippen molar-refractivity contribution in [2.75, 3.05) is 38.5 Å². The summed E-state index contributed by atoms with van der Waals surface area (Å²) in [5.74, 6) is -9.58. The normalized spacial score (nSPS) is 13.2. The predicted octanol–water partition coefficient (Wildman–Crippen LogP) is 2.08. The number of aliphatic carboxylic acids is 3. The van der Waals surface area contributed by atoms with E-state index >= 15 is 4.39 Å². The third kappa shape index (κ3) is 18.5. The number of aliphatic hydroxyl groups excluding tert-OH is 1. The van der Waals surface area contributed by atoms with Crippen molar-refractivity contribution in [1.29, 1.82) is 0 Å². The van der Waals surface area contributed by atoms with Gasteiger partial charge in [-0.25, -0.2) is 13.6 Å². The second kappa shape index (κ2) is 25.4. The number of hydrogen-bond acceptors (Lipinski definition) is 11. The smallest absolute Gasteiger partial charge is 0.481 e. The molecule has 4 amide bonds. The molecule has 0 aliphatic rings. The molecule has 11 N–H and O–H groups in total. The van der Waals surface area contributed by atoms with Gasteiger partial charge in [0, 0.05) is 54.9 Å². The topological polar surface area (TPSA) is 297 Å². The lowest BCUT2D eigenvalue weighted by molar-refractivity contribution is -0.192. The van der Waals surface area contributed by atoms with Gasteiger partial charge in [0.15, 0.2) is 0 Å². The Balaban J connectivity index is 0.00000191. The van der Waals surface area contributed by atoms with Gasteiger partial charge in [-0.2, -0.15) is 13.2 Å². The second-order valence-electron chi connectivity index (χ2n) is 15.3. The molecule has 0 aliphatic carbocycles. The van der Waals surface area contributed by atoms with Gasteiger partial charge in [-0.3, -0.25) is 28.8 Å². The Bertz CT molecular complexity index is 2120. The maximum Gasteiger partial charge on any atom is 0.490 e. The third-order valence-corrected chi connectivity index (χ3v) is 10.4. The largest absolute Gasteiger partial charge is 0.490 e. The number of nitrogens with zero attached hydrogens (tertiary/aromatic N) is 2. The minimum absolute atomic E-state index is 0.0273. The number of carboxylic acids is 3. The van der Waals surface area contributed by atoms with Crippen LogP contribution in [0.4, 0.5) is 22.0 Å². The summed E-state index contributed by atoms with van der Waals surface area (Å²) in [6.07, 6.45) is -4.07. The van der Waals surface area contributed by atoms with Gasteiger partial charge in [0.2, 0.25) is 23.6 Å². The molecule has 2 aromatic carbocycles. The minimum atomic E-state index is -5.08. The molecule has 1 unspecified atom stereocenters. The van der Waals surface area contributed by atoms with E-state index in [-0.39, 0.29) is 37.4 Å². The second-order valence-corrected chi connectivity index (χ2v) is 16.6. The van der Waals surface area contributed by atoms with E-state index < -0.39 is 108 Å². The molecule has 1 aromatic heterocycles. The van der Waals surface area contributed by atoms with Gasteiger partial charge in [-0.1, -0.05) is 51.1 Å². The molecule has 0 radical (unpaired) electrons. The lowest BCUT2D eigenvalue weighted by Crippen LogP contribution is -2.48. The number of carbonyl (C=O) groups excluding carboxylic acids is 4. The molecule has 0 bridgehead atoms. The number of aromatic nitrogens is 1. The molecule has 24 heteroatoms. The van der Waals surface area contributed by atoms with Crippen molar-refractivity contribution in [3.05, 3.63) is 83.7 Å². The van der Waals surface area contributed by atoms with Crippen LogP contribution in [0.25, 0.3) is 11.1 Å². The van der Waals surface area contributed by atoms with Crippen LogP contribution in [0.5, 0.6) is 0 Å². The molecule has 0 spiro atoms. The first kappa shape index (κ1) is 55.0. The minimum Gasteiger partial charge on any atom is -0.481 e. The summed E-state index contributed by atoms with van der Waals surface area (Å²) in [7, 11) is 0. The fourth-order valence-electron chi connectivity index (χ4n) is 6.05. The number of nitrogens with two attached hydrogens (primary N) is 2. The maximum absolute atomic E-state index is 15.0. The van der Waals surface area contributed by atoms with Crippen LogP contribution in [0.2, 0.25) is 0 Å². The van der Waals surface area contributed by atoms with Crippen LogP contribution >= 0.6 is 11.8 Å². The average Bonchev–Trinajstić information content (AvgIpc) is 3.63. The molecule has 18 nitrogen and oxygen atoms in total.